The molecule has 20 nitrogen and oxygen atoms in total. The average Bonchev–Trinajstić information content (AvgIpc) is 3.39. The number of carbonyl (C=O) groups is 10. The summed E-state index contributed by atoms with van der Waals surface area (Å²) >= 11 is 0. The molecule has 0 bridgehead atoms. The Hall–Kier alpha value is -7.38. The van der Waals surface area contributed by atoms with E-state index in [1.807, 2.05) is 0 Å². The summed E-state index contributed by atoms with van der Waals surface area (Å²) in [4.78, 5) is 127. The summed E-state index contributed by atoms with van der Waals surface area (Å²) in [6, 6.07) is 7.82. The molecule has 0 saturated heterocycles. The Morgan fingerprint density at radius 3 is 1.01 bits per heavy atom. The lowest BCUT2D eigenvalue weighted by molar-refractivity contribution is -0.161. The second-order valence-corrected chi connectivity index (χ2v) is 17.8. The number of esters is 10. The second kappa shape index (κ2) is 26.7. The molecular formula is C52H60O20. The number of carbonyl (C=O) groups excluding carboxylic acids is 10. The molecule has 388 valence electrons. The van der Waals surface area contributed by atoms with Crippen molar-refractivity contribution in [1.29, 1.82) is 0 Å². The molecule has 0 aliphatic heterocycles. The van der Waals surface area contributed by atoms with Gasteiger partial charge in [0.1, 0.15) is 59.5 Å². The Morgan fingerprint density at radius 1 is 0.458 bits per heavy atom. The minimum absolute atomic E-state index is 0.00441. The standard InChI is InChI=1S/C52H60O20/c1-7-43(53)65-27-29(3)67-45(55)31-9-13-33(14-10-31)47(57)69-37-21-23-41(39(25-37)51(61)63-5)71-49(59)35-17-19-36(20-18-35)50(60)72-42-24-22-38(26-40(42)52(62)64-6)70-48(58)34-15-11-32(12-16-34)46(56)68-30(4)28-66-44(54)8-2/h7-8,21-26,29-36H,1-2,9-20,27-28H2,3-6H3. The summed E-state index contributed by atoms with van der Waals surface area (Å²) in [5, 5.41) is 0. The van der Waals surface area contributed by atoms with Crippen LogP contribution in [-0.2, 0) is 66.8 Å². The lowest BCUT2D eigenvalue weighted by atomic mass is 9.82. The van der Waals surface area contributed by atoms with Crippen LogP contribution in [0.5, 0.6) is 23.0 Å². The van der Waals surface area contributed by atoms with Gasteiger partial charge in [0.05, 0.1) is 49.7 Å². The zero-order valence-electron chi connectivity index (χ0n) is 40.7. The highest BCUT2D eigenvalue weighted by atomic mass is 16.6. The van der Waals surface area contributed by atoms with Crippen LogP contribution in [0.4, 0.5) is 0 Å². The molecule has 5 rings (SSSR count). The van der Waals surface area contributed by atoms with Gasteiger partial charge in [0.2, 0.25) is 0 Å². The van der Waals surface area contributed by atoms with Gasteiger partial charge in [0.25, 0.3) is 0 Å². The van der Waals surface area contributed by atoms with Crippen LogP contribution in [0, 0.1) is 35.5 Å². The first-order valence-electron chi connectivity index (χ1n) is 23.7. The summed E-state index contributed by atoms with van der Waals surface area (Å²) in [7, 11) is 2.27. The largest absolute Gasteiger partial charge is 0.465 e. The summed E-state index contributed by atoms with van der Waals surface area (Å²) in [6.45, 7) is 9.58. The molecule has 0 N–H and O–H groups in total. The lowest BCUT2D eigenvalue weighted by Crippen LogP contribution is -2.32. The van der Waals surface area contributed by atoms with E-state index in [1.165, 1.54) is 36.4 Å². The van der Waals surface area contributed by atoms with Gasteiger partial charge in [-0.1, -0.05) is 13.2 Å². The van der Waals surface area contributed by atoms with Crippen molar-refractivity contribution < 1.29 is 95.3 Å². The Bertz CT molecular complexity index is 2200. The molecule has 0 amide bonds. The van der Waals surface area contributed by atoms with Gasteiger partial charge in [-0.15, -0.1) is 0 Å². The van der Waals surface area contributed by atoms with Gasteiger partial charge < -0.3 is 47.4 Å². The highest BCUT2D eigenvalue weighted by Crippen LogP contribution is 2.36. The van der Waals surface area contributed by atoms with Gasteiger partial charge in [-0.2, -0.15) is 0 Å². The van der Waals surface area contributed by atoms with Gasteiger partial charge in [-0.25, -0.2) is 19.2 Å². The molecule has 3 fully saturated rings. The summed E-state index contributed by atoms with van der Waals surface area (Å²) < 4.78 is 52.9. The minimum atomic E-state index is -0.856. The highest BCUT2D eigenvalue weighted by Gasteiger charge is 2.36. The fraction of sp³-hybridized carbons (Fsp3) is 0.500. The summed E-state index contributed by atoms with van der Waals surface area (Å²) in [5.74, 6) is -9.91. The summed E-state index contributed by atoms with van der Waals surface area (Å²) in [5.41, 5.74) is -0.342. The summed E-state index contributed by atoms with van der Waals surface area (Å²) in [6.07, 6.45) is 4.40. The van der Waals surface area contributed by atoms with Crippen molar-refractivity contribution in [2.75, 3.05) is 27.4 Å². The maximum atomic E-state index is 13.4. The molecule has 20 heteroatoms. The van der Waals surface area contributed by atoms with E-state index in [4.69, 9.17) is 47.4 Å². The number of ether oxygens (including phenoxy) is 10. The van der Waals surface area contributed by atoms with Crippen LogP contribution >= 0.6 is 0 Å². The van der Waals surface area contributed by atoms with Gasteiger partial charge >= 0.3 is 59.7 Å². The van der Waals surface area contributed by atoms with Gasteiger partial charge in [0.15, 0.2) is 0 Å². The molecule has 3 saturated carbocycles. The van der Waals surface area contributed by atoms with Crippen molar-refractivity contribution >= 4 is 59.7 Å². The first kappa shape index (κ1) is 55.5. The van der Waals surface area contributed by atoms with Crippen molar-refractivity contribution in [1.82, 2.24) is 0 Å². The van der Waals surface area contributed by atoms with Gasteiger partial charge in [-0.3, -0.25) is 28.8 Å². The van der Waals surface area contributed by atoms with E-state index >= 15 is 0 Å². The minimum Gasteiger partial charge on any atom is -0.465 e. The smallest absolute Gasteiger partial charge is 0.341 e. The van der Waals surface area contributed by atoms with Crippen LogP contribution < -0.4 is 18.9 Å². The topological polar surface area (TPSA) is 263 Å². The van der Waals surface area contributed by atoms with Crippen LogP contribution in [0.1, 0.15) is 112 Å². The molecule has 2 atom stereocenters. The van der Waals surface area contributed by atoms with Crippen molar-refractivity contribution in [3.05, 3.63) is 72.8 Å². The molecular weight excluding hydrogens is 945 g/mol. The number of hydrogen-bond donors (Lipinski definition) is 0. The Kier molecular flexibility index (Phi) is 20.6. The van der Waals surface area contributed by atoms with E-state index in [0.717, 1.165) is 26.4 Å². The fourth-order valence-corrected chi connectivity index (χ4v) is 8.51. The molecule has 72 heavy (non-hydrogen) atoms. The first-order valence-corrected chi connectivity index (χ1v) is 23.7. The zero-order valence-corrected chi connectivity index (χ0v) is 40.7. The van der Waals surface area contributed by atoms with Crippen molar-refractivity contribution in [3.8, 4) is 23.0 Å². The maximum Gasteiger partial charge on any atom is 0.341 e. The van der Waals surface area contributed by atoms with E-state index < -0.39 is 107 Å². The predicted molar refractivity (Wildman–Crippen MR) is 248 cm³/mol. The normalized spacial score (nSPS) is 21.3. The highest BCUT2D eigenvalue weighted by molar-refractivity contribution is 5.95. The molecule has 0 heterocycles. The number of rotatable bonds is 20. The molecule has 0 radical (unpaired) electrons. The third-order valence-electron chi connectivity index (χ3n) is 12.6. The number of benzene rings is 2. The maximum absolute atomic E-state index is 13.4. The first-order chi connectivity index (χ1) is 34.4. The van der Waals surface area contributed by atoms with Crippen LogP contribution in [0.15, 0.2) is 61.7 Å². The SMILES string of the molecule is C=CC(=O)OCC(C)OC(=O)C1CCC(C(=O)Oc2ccc(OC(=O)C3CCC(C(=O)Oc4ccc(OC(=O)C5CCC(C(=O)OC(C)COC(=O)C=C)CC5)cc4C(=O)OC)CC3)c(C(=O)OC)c2)CC1. The molecule has 2 aromatic rings. The quantitative estimate of drug-likeness (QED) is 0.0607. The number of hydrogen-bond acceptors (Lipinski definition) is 20. The van der Waals surface area contributed by atoms with Gasteiger partial charge in [-0.05, 0) is 127 Å². The average molecular weight is 1010 g/mol. The zero-order chi connectivity index (χ0) is 52.5. The molecule has 2 unspecified atom stereocenters. The predicted octanol–water partition coefficient (Wildman–Crippen LogP) is 6.32. The molecule has 2 aromatic carbocycles. The van der Waals surface area contributed by atoms with E-state index in [-0.39, 0.29) is 73.0 Å². The Balaban J connectivity index is 1.08. The van der Waals surface area contributed by atoms with Crippen molar-refractivity contribution in [2.24, 2.45) is 35.5 Å². The Labute approximate surface area is 415 Å². The monoisotopic (exact) mass is 1000 g/mol. The van der Waals surface area contributed by atoms with Crippen LogP contribution in [0.3, 0.4) is 0 Å². The van der Waals surface area contributed by atoms with E-state index in [0.29, 0.717) is 51.4 Å². The molecule has 0 aromatic heterocycles. The second-order valence-electron chi connectivity index (χ2n) is 17.8. The van der Waals surface area contributed by atoms with Crippen LogP contribution in [-0.4, -0.2) is 99.3 Å². The van der Waals surface area contributed by atoms with Crippen molar-refractivity contribution in [2.45, 2.75) is 103 Å². The van der Waals surface area contributed by atoms with Crippen molar-refractivity contribution in [3.63, 3.8) is 0 Å². The lowest BCUT2D eigenvalue weighted by Gasteiger charge is -2.27. The molecule has 0 spiro atoms. The third-order valence-corrected chi connectivity index (χ3v) is 12.6. The molecule has 3 aliphatic rings. The Morgan fingerprint density at radius 2 is 0.736 bits per heavy atom. The van der Waals surface area contributed by atoms with Crippen LogP contribution in [0.2, 0.25) is 0 Å². The fourth-order valence-electron chi connectivity index (χ4n) is 8.51. The van der Waals surface area contributed by atoms with Crippen LogP contribution in [0.25, 0.3) is 0 Å². The van der Waals surface area contributed by atoms with E-state index in [2.05, 4.69) is 13.2 Å². The van der Waals surface area contributed by atoms with E-state index in [9.17, 15) is 47.9 Å². The third kappa shape index (κ3) is 15.8. The number of methoxy groups -OCH3 is 2. The van der Waals surface area contributed by atoms with Gasteiger partial charge in [0, 0.05) is 12.2 Å². The van der Waals surface area contributed by atoms with E-state index in [1.54, 1.807) is 13.8 Å². The molecule has 3 aliphatic carbocycles.